The lowest BCUT2D eigenvalue weighted by atomic mass is 9.37. The van der Waals surface area contributed by atoms with Crippen LogP contribution in [-0.4, -0.2) is 58.1 Å². The molecule has 0 unspecified atom stereocenters. The number of rotatable bonds is 1. The molecule has 1 heterocycles. The first-order chi connectivity index (χ1) is 12.9. The third-order valence-electron chi connectivity index (χ3n) is 8.59. The van der Waals surface area contributed by atoms with Crippen LogP contribution in [-0.2, 0) is 19.1 Å². The van der Waals surface area contributed by atoms with Gasteiger partial charge in [-0.1, -0.05) is 20.8 Å². The van der Waals surface area contributed by atoms with Gasteiger partial charge in [-0.15, -0.1) is 0 Å². The molecule has 3 aliphatic carbocycles. The van der Waals surface area contributed by atoms with Crippen LogP contribution < -0.4 is 0 Å². The third kappa shape index (κ3) is 2.10. The van der Waals surface area contributed by atoms with Gasteiger partial charge < -0.3 is 24.8 Å². The standard InChI is InChI=1S/C21H30O7/c1-9-6-11(27-5)17(24)19(2)10(9)7-13-20(3)12(8-14(22)28-13)21(4,26)18(25)15(23)16(19)20/h6,9-10,12-13,15-16,18,23,25-26H,7-8H2,1-5H3/t9-,10+,12-,13-,15+,16-,18-,19+,20-,21+/m1/s1. The Balaban J connectivity index is 1.95. The van der Waals surface area contributed by atoms with Crippen molar-refractivity contribution >= 4 is 11.8 Å². The number of allylic oxidation sites excluding steroid dienone is 2. The highest BCUT2D eigenvalue weighted by atomic mass is 16.5. The first-order valence-corrected chi connectivity index (χ1v) is 10.00. The van der Waals surface area contributed by atoms with Crippen LogP contribution in [0.15, 0.2) is 11.8 Å². The van der Waals surface area contributed by atoms with Crippen LogP contribution in [0.1, 0.15) is 40.5 Å². The van der Waals surface area contributed by atoms with Crippen molar-refractivity contribution in [3.63, 3.8) is 0 Å². The van der Waals surface area contributed by atoms with E-state index < -0.39 is 52.5 Å². The Hall–Kier alpha value is -1.44. The number of esters is 1. The van der Waals surface area contributed by atoms with Crippen LogP contribution >= 0.6 is 0 Å². The highest BCUT2D eigenvalue weighted by Crippen LogP contribution is 2.68. The summed E-state index contributed by atoms with van der Waals surface area (Å²) in [6, 6.07) is 0. The van der Waals surface area contributed by atoms with Crippen molar-refractivity contribution in [1.82, 2.24) is 0 Å². The van der Waals surface area contributed by atoms with E-state index in [1.165, 1.54) is 14.0 Å². The molecule has 4 aliphatic rings. The fourth-order valence-electron chi connectivity index (χ4n) is 7.24. The smallest absolute Gasteiger partial charge is 0.306 e. The van der Waals surface area contributed by atoms with Crippen molar-refractivity contribution in [2.45, 2.75) is 64.4 Å². The number of Topliss-reactive ketones (excluding diaryl/α,β-unsaturated/α-hetero) is 1. The lowest BCUT2D eigenvalue weighted by Crippen LogP contribution is -2.77. The number of ketones is 1. The molecule has 0 amide bonds. The second-order valence-electron chi connectivity index (χ2n) is 9.79. The number of hydrogen-bond acceptors (Lipinski definition) is 7. The Morgan fingerprint density at radius 2 is 1.86 bits per heavy atom. The zero-order valence-electron chi connectivity index (χ0n) is 17.0. The number of carbonyl (C=O) groups is 2. The average Bonchev–Trinajstić information content (AvgIpc) is 2.62. The van der Waals surface area contributed by atoms with Gasteiger partial charge in [0.25, 0.3) is 0 Å². The van der Waals surface area contributed by atoms with Gasteiger partial charge >= 0.3 is 5.97 Å². The molecule has 0 bridgehead atoms. The summed E-state index contributed by atoms with van der Waals surface area (Å²) in [4.78, 5) is 25.8. The van der Waals surface area contributed by atoms with Crippen molar-refractivity contribution in [2.75, 3.05) is 7.11 Å². The van der Waals surface area contributed by atoms with Crippen LogP contribution in [0.3, 0.4) is 0 Å². The molecule has 28 heavy (non-hydrogen) atoms. The van der Waals surface area contributed by atoms with Crippen LogP contribution in [0.5, 0.6) is 0 Å². The lowest BCUT2D eigenvalue weighted by molar-refractivity contribution is -0.312. The van der Waals surface area contributed by atoms with E-state index in [0.29, 0.717) is 6.42 Å². The Bertz CT molecular complexity index is 758. The minimum Gasteiger partial charge on any atom is -0.493 e. The van der Waals surface area contributed by atoms with E-state index >= 15 is 0 Å². The van der Waals surface area contributed by atoms with E-state index in [1.807, 2.05) is 20.8 Å². The molecule has 3 fully saturated rings. The molecule has 0 spiro atoms. The van der Waals surface area contributed by atoms with Crippen LogP contribution in [0.2, 0.25) is 0 Å². The van der Waals surface area contributed by atoms with Gasteiger partial charge in [0, 0.05) is 22.7 Å². The topological polar surface area (TPSA) is 113 Å². The molecule has 0 radical (unpaired) electrons. The molecule has 2 saturated carbocycles. The van der Waals surface area contributed by atoms with Gasteiger partial charge in [-0.3, -0.25) is 9.59 Å². The number of aliphatic hydroxyl groups is 3. The Kier molecular flexibility index (Phi) is 4.11. The van der Waals surface area contributed by atoms with Gasteiger partial charge in [-0.25, -0.2) is 0 Å². The van der Waals surface area contributed by atoms with Crippen molar-refractivity contribution in [3.05, 3.63) is 11.8 Å². The van der Waals surface area contributed by atoms with Gasteiger partial charge in [0.15, 0.2) is 5.76 Å². The third-order valence-corrected chi connectivity index (χ3v) is 8.59. The average molecular weight is 394 g/mol. The van der Waals surface area contributed by atoms with Gasteiger partial charge in [-0.05, 0) is 31.3 Å². The molecule has 0 aromatic carbocycles. The molecule has 7 heteroatoms. The van der Waals surface area contributed by atoms with E-state index in [1.54, 1.807) is 6.08 Å². The zero-order chi connectivity index (χ0) is 20.8. The van der Waals surface area contributed by atoms with Crippen molar-refractivity contribution in [1.29, 1.82) is 0 Å². The number of methoxy groups -OCH3 is 1. The minimum absolute atomic E-state index is 0.0342. The molecule has 0 aromatic rings. The SMILES string of the molecule is COC1=C[C@@H](C)[C@@H]2C[C@H]3OC(=O)C[C@H]4[C@](C)(O)[C@H](O)[C@@H](O)[C@H]([C@@]2(C)C1=O)[C@@]34C. The molecular formula is C21H30O7. The maximum Gasteiger partial charge on any atom is 0.306 e. The summed E-state index contributed by atoms with van der Waals surface area (Å²) in [7, 11) is 1.45. The minimum atomic E-state index is -1.67. The molecular weight excluding hydrogens is 364 g/mol. The first kappa shape index (κ1) is 19.9. The normalized spacial score (nSPS) is 55.6. The predicted octanol–water partition coefficient (Wildman–Crippen LogP) is 0.802. The van der Waals surface area contributed by atoms with E-state index in [2.05, 4.69) is 0 Å². The van der Waals surface area contributed by atoms with Crippen LogP contribution in [0.25, 0.3) is 0 Å². The van der Waals surface area contributed by atoms with Crippen molar-refractivity contribution in [2.24, 2.45) is 34.5 Å². The first-order valence-electron chi connectivity index (χ1n) is 10.00. The van der Waals surface area contributed by atoms with E-state index in [-0.39, 0.29) is 29.8 Å². The number of fused-ring (bicyclic) bond motifs is 2. The summed E-state index contributed by atoms with van der Waals surface area (Å²) >= 11 is 0. The molecule has 1 saturated heterocycles. The molecule has 3 N–H and O–H groups in total. The number of aliphatic hydroxyl groups excluding tert-OH is 2. The summed E-state index contributed by atoms with van der Waals surface area (Å²) in [5, 5.41) is 33.1. The zero-order valence-corrected chi connectivity index (χ0v) is 17.0. The van der Waals surface area contributed by atoms with E-state index in [9.17, 15) is 24.9 Å². The summed E-state index contributed by atoms with van der Waals surface area (Å²) in [5.41, 5.74) is -3.54. The van der Waals surface area contributed by atoms with Gasteiger partial charge in [0.2, 0.25) is 5.78 Å². The summed E-state index contributed by atoms with van der Waals surface area (Å²) in [6.45, 7) is 7.16. The number of carbonyl (C=O) groups excluding carboxylic acids is 2. The maximum absolute atomic E-state index is 13.5. The summed E-state index contributed by atoms with van der Waals surface area (Å²) < 4.78 is 11.1. The number of ether oxygens (including phenoxy) is 2. The number of hydrogen-bond donors (Lipinski definition) is 3. The fourth-order valence-corrected chi connectivity index (χ4v) is 7.24. The molecule has 1 aliphatic heterocycles. The van der Waals surface area contributed by atoms with Crippen molar-refractivity contribution < 1.29 is 34.4 Å². The fraction of sp³-hybridized carbons (Fsp3) is 0.810. The van der Waals surface area contributed by atoms with Crippen molar-refractivity contribution in [3.8, 4) is 0 Å². The monoisotopic (exact) mass is 394 g/mol. The van der Waals surface area contributed by atoms with E-state index in [0.717, 1.165) is 0 Å². The quantitative estimate of drug-likeness (QED) is 0.564. The summed E-state index contributed by atoms with van der Waals surface area (Å²) in [5.74, 6) is -1.89. The molecule has 7 nitrogen and oxygen atoms in total. The van der Waals surface area contributed by atoms with Gasteiger partial charge in [0.1, 0.15) is 12.2 Å². The maximum atomic E-state index is 13.5. The highest BCUT2D eigenvalue weighted by molar-refractivity contribution is 5.99. The van der Waals surface area contributed by atoms with E-state index in [4.69, 9.17) is 9.47 Å². The molecule has 0 aromatic heterocycles. The second-order valence-corrected chi connectivity index (χ2v) is 9.79. The van der Waals surface area contributed by atoms with Gasteiger partial charge in [0.05, 0.1) is 25.2 Å². The van der Waals surface area contributed by atoms with Crippen LogP contribution in [0.4, 0.5) is 0 Å². The largest absolute Gasteiger partial charge is 0.493 e. The van der Waals surface area contributed by atoms with Crippen LogP contribution in [0, 0.1) is 34.5 Å². The molecule has 4 rings (SSSR count). The second kappa shape index (κ2) is 5.80. The lowest BCUT2D eigenvalue weighted by Gasteiger charge is -2.69. The predicted molar refractivity (Wildman–Crippen MR) is 97.7 cm³/mol. The Morgan fingerprint density at radius 3 is 2.46 bits per heavy atom. The Labute approximate surface area is 164 Å². The van der Waals surface area contributed by atoms with Gasteiger partial charge in [-0.2, -0.15) is 0 Å². The Morgan fingerprint density at radius 1 is 1.21 bits per heavy atom. The summed E-state index contributed by atoms with van der Waals surface area (Å²) in [6.07, 6.45) is -1.15. The molecule has 156 valence electrons. The highest BCUT2D eigenvalue weighted by Gasteiger charge is 2.75. The molecule has 10 atom stereocenters.